The Labute approximate surface area is 256 Å². The predicted molar refractivity (Wildman–Crippen MR) is 168 cm³/mol. The lowest BCUT2D eigenvalue weighted by atomic mass is 9.99. The van der Waals surface area contributed by atoms with Crippen molar-refractivity contribution in [2.24, 2.45) is 0 Å². The van der Waals surface area contributed by atoms with Crippen molar-refractivity contribution in [3.05, 3.63) is 11.6 Å². The first-order chi connectivity index (χ1) is 20.3. The summed E-state index contributed by atoms with van der Waals surface area (Å²) >= 11 is 0. The topological polar surface area (TPSA) is 116 Å². The Kier molecular flexibility index (Phi) is 19.9. The van der Waals surface area contributed by atoms with Gasteiger partial charge < -0.3 is 29.9 Å². The number of rotatable bonds is 26. The zero-order chi connectivity index (χ0) is 30.6. The Morgan fingerprint density at radius 1 is 0.667 bits per heavy atom. The molecule has 2 aliphatic heterocycles. The van der Waals surface area contributed by atoms with Gasteiger partial charge in [-0.2, -0.15) is 0 Å². The number of hydrogen-bond donors (Lipinski definition) is 4. The minimum Gasteiger partial charge on any atom is -0.455 e. The summed E-state index contributed by atoms with van der Waals surface area (Å²) in [6.45, 7) is 4.09. The molecule has 2 rings (SSSR count). The molecule has 42 heavy (non-hydrogen) atoms. The van der Waals surface area contributed by atoms with Crippen LogP contribution in [0.5, 0.6) is 0 Å². The number of carbonyl (C=O) groups is 1. The van der Waals surface area contributed by atoms with Crippen LogP contribution in [0.25, 0.3) is 0 Å². The van der Waals surface area contributed by atoms with Gasteiger partial charge in [-0.1, -0.05) is 96.8 Å². The molecule has 7 atom stereocenters. The molecular weight excluding hydrogens is 532 g/mol. The number of aliphatic hydroxyl groups excluding tert-OH is 4. The van der Waals surface area contributed by atoms with E-state index < -0.39 is 18.3 Å². The number of unbranched alkanes of at least 4 members (excludes halogenated alkanes) is 11. The fourth-order valence-electron chi connectivity index (χ4n) is 6.39. The van der Waals surface area contributed by atoms with Gasteiger partial charge in [0, 0.05) is 5.57 Å². The van der Waals surface area contributed by atoms with Gasteiger partial charge in [-0.3, -0.25) is 0 Å². The van der Waals surface area contributed by atoms with Crippen molar-refractivity contribution < 1.29 is 34.7 Å². The average Bonchev–Trinajstić information content (AvgIpc) is 3.59. The number of ether oxygens (including phenoxy) is 2. The molecule has 246 valence electrons. The van der Waals surface area contributed by atoms with Crippen molar-refractivity contribution in [2.75, 3.05) is 0 Å². The first kappa shape index (κ1) is 37.2. The van der Waals surface area contributed by atoms with E-state index in [-0.39, 0.29) is 30.4 Å². The summed E-state index contributed by atoms with van der Waals surface area (Å²) in [4.78, 5) is 11.6. The summed E-state index contributed by atoms with van der Waals surface area (Å²) in [5.41, 5.74) is 0.665. The van der Waals surface area contributed by atoms with E-state index >= 15 is 0 Å². The Bertz CT molecular complexity index is 726. The lowest BCUT2D eigenvalue weighted by molar-refractivity contribution is -0.139. The third-order valence-electron chi connectivity index (χ3n) is 9.15. The SMILES string of the molecule is CCCCCCCCCCCC[C@@H](O)[C@H]1CC[C@H]([C@H](O)CCCC[C@H](O)CCCC[C@@H](O)CCC2=C[C@H](C)OC2=O)O1. The van der Waals surface area contributed by atoms with E-state index in [1.54, 1.807) is 0 Å². The van der Waals surface area contributed by atoms with Crippen molar-refractivity contribution in [2.45, 2.75) is 204 Å². The van der Waals surface area contributed by atoms with Crippen LogP contribution in [0.15, 0.2) is 11.6 Å². The van der Waals surface area contributed by atoms with Crippen LogP contribution in [0.1, 0.15) is 162 Å². The maximum absolute atomic E-state index is 11.6. The second-order valence-corrected chi connectivity index (χ2v) is 13.1. The normalized spacial score (nSPS) is 23.5. The van der Waals surface area contributed by atoms with Crippen LogP contribution < -0.4 is 0 Å². The van der Waals surface area contributed by atoms with E-state index in [0.717, 1.165) is 57.8 Å². The molecule has 1 saturated heterocycles. The van der Waals surface area contributed by atoms with Crippen LogP contribution in [-0.4, -0.2) is 69.1 Å². The van der Waals surface area contributed by atoms with Gasteiger partial charge in [0.25, 0.3) is 0 Å². The summed E-state index contributed by atoms with van der Waals surface area (Å²) in [5.74, 6) is -0.265. The number of cyclic esters (lactones) is 1. The maximum Gasteiger partial charge on any atom is 0.334 e. The van der Waals surface area contributed by atoms with Gasteiger partial charge in [0.05, 0.1) is 36.6 Å². The molecule has 7 heteroatoms. The Morgan fingerprint density at radius 2 is 1.10 bits per heavy atom. The predicted octanol–water partition coefficient (Wildman–Crippen LogP) is 7.06. The average molecular weight is 597 g/mol. The van der Waals surface area contributed by atoms with Crippen molar-refractivity contribution >= 4 is 5.97 Å². The summed E-state index contributed by atoms with van der Waals surface area (Å²) < 4.78 is 11.1. The fraction of sp³-hybridized carbons (Fsp3) is 0.914. The molecule has 0 spiro atoms. The zero-order valence-corrected chi connectivity index (χ0v) is 26.9. The Morgan fingerprint density at radius 3 is 1.57 bits per heavy atom. The van der Waals surface area contributed by atoms with Crippen molar-refractivity contribution in [1.29, 1.82) is 0 Å². The smallest absolute Gasteiger partial charge is 0.334 e. The zero-order valence-electron chi connectivity index (χ0n) is 26.9. The van der Waals surface area contributed by atoms with E-state index in [4.69, 9.17) is 9.47 Å². The summed E-state index contributed by atoms with van der Waals surface area (Å²) in [7, 11) is 0. The molecule has 0 amide bonds. The van der Waals surface area contributed by atoms with Gasteiger partial charge in [-0.25, -0.2) is 4.79 Å². The van der Waals surface area contributed by atoms with Crippen molar-refractivity contribution in [3.63, 3.8) is 0 Å². The number of carbonyl (C=O) groups excluding carboxylic acids is 1. The molecule has 0 bridgehead atoms. The fourth-order valence-corrected chi connectivity index (χ4v) is 6.39. The van der Waals surface area contributed by atoms with Gasteiger partial charge >= 0.3 is 5.97 Å². The minimum atomic E-state index is -0.511. The third-order valence-corrected chi connectivity index (χ3v) is 9.15. The molecule has 0 radical (unpaired) electrons. The standard InChI is InChI=1S/C35H64O7/c1-3-4-5-6-7-8-9-10-11-12-20-31(38)33-24-25-34(42-33)32(39)21-16-15-18-29(36)17-13-14-19-30(37)23-22-28-26-27(2)41-35(28)40/h26-27,29-34,36-39H,3-25H2,1-2H3/t27-,29+,30+,31+,32+,33+,34+/m0/s1. The first-order valence-electron chi connectivity index (χ1n) is 17.6. The highest BCUT2D eigenvalue weighted by Crippen LogP contribution is 2.28. The second kappa shape index (κ2) is 22.5. The molecule has 0 aliphatic carbocycles. The van der Waals surface area contributed by atoms with Crippen LogP contribution in [0.2, 0.25) is 0 Å². The number of hydrogen-bond acceptors (Lipinski definition) is 7. The van der Waals surface area contributed by atoms with Crippen molar-refractivity contribution in [3.8, 4) is 0 Å². The van der Waals surface area contributed by atoms with Gasteiger partial charge in [0.15, 0.2) is 0 Å². The second-order valence-electron chi connectivity index (χ2n) is 13.1. The molecule has 2 heterocycles. The molecule has 0 aromatic rings. The highest BCUT2D eigenvalue weighted by atomic mass is 16.5. The lowest BCUT2D eigenvalue weighted by Crippen LogP contribution is -2.31. The van der Waals surface area contributed by atoms with Crippen LogP contribution in [0, 0.1) is 0 Å². The molecule has 4 N–H and O–H groups in total. The van der Waals surface area contributed by atoms with E-state index in [1.165, 1.54) is 57.8 Å². The summed E-state index contributed by atoms with van der Waals surface area (Å²) in [6, 6.07) is 0. The van der Waals surface area contributed by atoms with E-state index in [2.05, 4.69) is 6.92 Å². The highest BCUT2D eigenvalue weighted by molar-refractivity contribution is 5.90. The van der Waals surface area contributed by atoms with Gasteiger partial charge in [-0.05, 0) is 70.8 Å². The quantitative estimate of drug-likeness (QED) is 0.0624. The van der Waals surface area contributed by atoms with E-state index in [0.29, 0.717) is 37.7 Å². The number of aliphatic hydroxyl groups is 4. The van der Waals surface area contributed by atoms with E-state index in [1.807, 2.05) is 13.0 Å². The van der Waals surface area contributed by atoms with Crippen LogP contribution in [0.4, 0.5) is 0 Å². The maximum atomic E-state index is 11.6. The van der Waals surface area contributed by atoms with Crippen LogP contribution >= 0.6 is 0 Å². The molecule has 2 aliphatic rings. The molecule has 0 aromatic carbocycles. The Hall–Kier alpha value is -0.990. The lowest BCUT2D eigenvalue weighted by Gasteiger charge is -2.22. The van der Waals surface area contributed by atoms with E-state index in [9.17, 15) is 25.2 Å². The third kappa shape index (κ3) is 16.2. The molecule has 0 aromatic heterocycles. The molecule has 7 nitrogen and oxygen atoms in total. The monoisotopic (exact) mass is 596 g/mol. The van der Waals surface area contributed by atoms with Crippen LogP contribution in [0.3, 0.4) is 0 Å². The minimum absolute atomic E-state index is 0.149. The first-order valence-corrected chi connectivity index (χ1v) is 17.6. The largest absolute Gasteiger partial charge is 0.455 e. The molecular formula is C35H64O7. The summed E-state index contributed by atoms with van der Waals surface area (Å²) in [6.07, 6.45) is 22.2. The Balaban J connectivity index is 1.42. The van der Waals surface area contributed by atoms with Crippen LogP contribution in [-0.2, 0) is 14.3 Å². The van der Waals surface area contributed by atoms with Crippen molar-refractivity contribution in [1.82, 2.24) is 0 Å². The summed E-state index contributed by atoms with van der Waals surface area (Å²) in [5, 5.41) is 41.7. The van der Waals surface area contributed by atoms with Gasteiger partial charge in [0.1, 0.15) is 6.10 Å². The molecule has 0 unspecified atom stereocenters. The van der Waals surface area contributed by atoms with Gasteiger partial charge in [-0.15, -0.1) is 0 Å². The number of esters is 1. The molecule has 0 saturated carbocycles. The highest BCUT2D eigenvalue weighted by Gasteiger charge is 2.34. The van der Waals surface area contributed by atoms with Gasteiger partial charge in [0.2, 0.25) is 0 Å². The molecule has 1 fully saturated rings.